The van der Waals surface area contributed by atoms with Gasteiger partial charge in [0, 0.05) is 32.2 Å². The number of nitrogens with zero attached hydrogens (tertiary/aromatic N) is 2. The van der Waals surface area contributed by atoms with Crippen molar-refractivity contribution in [1.82, 2.24) is 9.80 Å². The van der Waals surface area contributed by atoms with Crippen molar-refractivity contribution in [3.8, 4) is 0 Å². The molecule has 2 atom stereocenters. The molecule has 0 saturated carbocycles. The van der Waals surface area contributed by atoms with Gasteiger partial charge in [0.1, 0.15) is 5.54 Å². The Hall–Kier alpha value is -0.690. The first-order valence-corrected chi connectivity index (χ1v) is 8.03. The van der Waals surface area contributed by atoms with Crippen LogP contribution < -0.4 is 5.73 Å². The number of likely N-dealkylation sites (tertiary alicyclic amines) is 1. The first-order chi connectivity index (χ1) is 10.0. The van der Waals surface area contributed by atoms with E-state index < -0.39 is 5.54 Å². The SMILES string of the molecule is CCOC(=O)C(C)(N)CCN1CCC(N2CCOCC2)C1. The minimum absolute atomic E-state index is 0.297. The molecule has 2 unspecified atom stereocenters. The van der Waals surface area contributed by atoms with E-state index in [0.29, 0.717) is 19.1 Å². The number of carbonyl (C=O) groups is 1. The Labute approximate surface area is 127 Å². The molecule has 2 aliphatic heterocycles. The molecule has 6 nitrogen and oxygen atoms in total. The van der Waals surface area contributed by atoms with E-state index in [0.717, 1.165) is 45.9 Å². The minimum atomic E-state index is -0.882. The first-order valence-electron chi connectivity index (χ1n) is 8.03. The van der Waals surface area contributed by atoms with Crippen LogP contribution in [0.15, 0.2) is 0 Å². The van der Waals surface area contributed by atoms with Gasteiger partial charge in [-0.25, -0.2) is 0 Å². The molecule has 0 aromatic carbocycles. The van der Waals surface area contributed by atoms with Crippen molar-refractivity contribution in [1.29, 1.82) is 0 Å². The summed E-state index contributed by atoms with van der Waals surface area (Å²) in [6.45, 7) is 10.7. The molecule has 0 bridgehead atoms. The van der Waals surface area contributed by atoms with Crippen LogP contribution in [-0.2, 0) is 14.3 Å². The van der Waals surface area contributed by atoms with Gasteiger partial charge in [0.25, 0.3) is 0 Å². The fourth-order valence-corrected chi connectivity index (χ4v) is 3.04. The van der Waals surface area contributed by atoms with Gasteiger partial charge in [0.2, 0.25) is 0 Å². The Balaban J connectivity index is 1.73. The lowest BCUT2D eigenvalue weighted by Gasteiger charge is -2.32. The number of carbonyl (C=O) groups excluding carboxylic acids is 1. The Kier molecular flexibility index (Phi) is 5.98. The first kappa shape index (κ1) is 16.7. The van der Waals surface area contributed by atoms with Crippen LogP contribution in [0.25, 0.3) is 0 Å². The van der Waals surface area contributed by atoms with Gasteiger partial charge in [-0.15, -0.1) is 0 Å². The van der Waals surface area contributed by atoms with Gasteiger partial charge in [-0.3, -0.25) is 9.69 Å². The number of rotatable bonds is 6. The van der Waals surface area contributed by atoms with Crippen LogP contribution in [0.4, 0.5) is 0 Å². The van der Waals surface area contributed by atoms with Crippen LogP contribution in [0, 0.1) is 0 Å². The Morgan fingerprint density at radius 1 is 1.38 bits per heavy atom. The maximum Gasteiger partial charge on any atom is 0.325 e. The number of hydrogen-bond donors (Lipinski definition) is 1. The highest BCUT2D eigenvalue weighted by atomic mass is 16.5. The van der Waals surface area contributed by atoms with Crippen molar-refractivity contribution >= 4 is 5.97 Å². The number of esters is 1. The quantitative estimate of drug-likeness (QED) is 0.700. The largest absolute Gasteiger partial charge is 0.465 e. The maximum atomic E-state index is 11.8. The standard InChI is InChI=1S/C15H29N3O3/c1-3-21-14(19)15(2,16)5-7-17-6-4-13(12-17)18-8-10-20-11-9-18/h13H,3-12,16H2,1-2H3. The average molecular weight is 299 g/mol. The van der Waals surface area contributed by atoms with E-state index in [2.05, 4.69) is 9.80 Å². The highest BCUT2D eigenvalue weighted by Gasteiger charge is 2.33. The van der Waals surface area contributed by atoms with Crippen molar-refractivity contribution in [3.05, 3.63) is 0 Å². The molecule has 2 aliphatic rings. The van der Waals surface area contributed by atoms with Crippen LogP contribution in [-0.4, -0.2) is 79.9 Å². The number of morpholine rings is 1. The Morgan fingerprint density at radius 2 is 2.10 bits per heavy atom. The monoisotopic (exact) mass is 299 g/mol. The van der Waals surface area contributed by atoms with Crippen LogP contribution in [0.1, 0.15) is 26.7 Å². The summed E-state index contributed by atoms with van der Waals surface area (Å²) in [5.41, 5.74) is 5.19. The lowest BCUT2D eigenvalue weighted by Crippen LogP contribution is -2.49. The summed E-state index contributed by atoms with van der Waals surface area (Å²) in [5, 5.41) is 0. The molecule has 0 spiro atoms. The Bertz CT molecular complexity index is 343. The molecule has 0 aromatic rings. The van der Waals surface area contributed by atoms with Gasteiger partial charge in [-0.2, -0.15) is 0 Å². The fraction of sp³-hybridized carbons (Fsp3) is 0.933. The van der Waals surface area contributed by atoms with Gasteiger partial charge >= 0.3 is 5.97 Å². The van der Waals surface area contributed by atoms with E-state index in [4.69, 9.17) is 15.2 Å². The molecule has 0 aliphatic carbocycles. The highest BCUT2D eigenvalue weighted by Crippen LogP contribution is 2.19. The summed E-state index contributed by atoms with van der Waals surface area (Å²) in [7, 11) is 0. The van der Waals surface area contributed by atoms with Gasteiger partial charge in [-0.05, 0) is 33.2 Å². The molecular weight excluding hydrogens is 270 g/mol. The molecule has 2 heterocycles. The zero-order valence-corrected chi connectivity index (χ0v) is 13.3. The molecule has 122 valence electrons. The van der Waals surface area contributed by atoms with E-state index >= 15 is 0 Å². The molecule has 2 fully saturated rings. The summed E-state index contributed by atoms with van der Waals surface area (Å²) >= 11 is 0. The zero-order valence-electron chi connectivity index (χ0n) is 13.3. The molecule has 0 radical (unpaired) electrons. The summed E-state index contributed by atoms with van der Waals surface area (Å²) in [6.07, 6.45) is 1.84. The maximum absolute atomic E-state index is 11.8. The lowest BCUT2D eigenvalue weighted by atomic mass is 9.99. The molecule has 2 rings (SSSR count). The van der Waals surface area contributed by atoms with Crippen molar-refractivity contribution < 1.29 is 14.3 Å². The second-order valence-electron chi connectivity index (χ2n) is 6.28. The molecule has 2 saturated heterocycles. The van der Waals surface area contributed by atoms with Gasteiger partial charge in [0.05, 0.1) is 19.8 Å². The second-order valence-corrected chi connectivity index (χ2v) is 6.28. The van der Waals surface area contributed by atoms with E-state index in [1.54, 1.807) is 13.8 Å². The molecule has 0 amide bonds. The number of ether oxygens (including phenoxy) is 2. The van der Waals surface area contributed by atoms with Crippen molar-refractivity contribution in [2.75, 3.05) is 52.5 Å². The third kappa shape index (κ3) is 4.64. The van der Waals surface area contributed by atoms with Crippen molar-refractivity contribution in [3.63, 3.8) is 0 Å². The average Bonchev–Trinajstić information content (AvgIpc) is 2.95. The molecule has 2 N–H and O–H groups in total. The van der Waals surface area contributed by atoms with E-state index in [1.165, 1.54) is 6.42 Å². The summed E-state index contributed by atoms with van der Waals surface area (Å²) < 4.78 is 10.4. The van der Waals surface area contributed by atoms with Gasteiger partial charge in [0.15, 0.2) is 0 Å². The van der Waals surface area contributed by atoms with Crippen molar-refractivity contribution in [2.45, 2.75) is 38.3 Å². The predicted molar refractivity (Wildman–Crippen MR) is 81.1 cm³/mol. The van der Waals surface area contributed by atoms with Crippen LogP contribution in [0.3, 0.4) is 0 Å². The predicted octanol–water partition coefficient (Wildman–Crippen LogP) is 0.0635. The summed E-state index contributed by atoms with van der Waals surface area (Å²) in [5.74, 6) is -0.297. The van der Waals surface area contributed by atoms with E-state index in [-0.39, 0.29) is 5.97 Å². The van der Waals surface area contributed by atoms with Crippen molar-refractivity contribution in [2.24, 2.45) is 5.73 Å². The van der Waals surface area contributed by atoms with Crippen LogP contribution in [0.2, 0.25) is 0 Å². The summed E-state index contributed by atoms with van der Waals surface area (Å²) in [4.78, 5) is 16.7. The minimum Gasteiger partial charge on any atom is -0.465 e. The van der Waals surface area contributed by atoms with Crippen LogP contribution in [0.5, 0.6) is 0 Å². The normalized spacial score (nSPS) is 27.5. The second kappa shape index (κ2) is 7.54. The van der Waals surface area contributed by atoms with E-state index in [1.807, 2.05) is 0 Å². The van der Waals surface area contributed by atoms with Gasteiger partial charge < -0.3 is 20.1 Å². The third-order valence-electron chi connectivity index (χ3n) is 4.50. The number of nitrogens with two attached hydrogens (primary N) is 1. The molecule has 6 heteroatoms. The fourth-order valence-electron chi connectivity index (χ4n) is 3.04. The highest BCUT2D eigenvalue weighted by molar-refractivity contribution is 5.79. The topological polar surface area (TPSA) is 68.0 Å². The molecule has 21 heavy (non-hydrogen) atoms. The van der Waals surface area contributed by atoms with Gasteiger partial charge in [-0.1, -0.05) is 0 Å². The van der Waals surface area contributed by atoms with Crippen LogP contribution >= 0.6 is 0 Å². The van der Waals surface area contributed by atoms with E-state index in [9.17, 15) is 4.79 Å². The third-order valence-corrected chi connectivity index (χ3v) is 4.50. The summed E-state index contributed by atoms with van der Waals surface area (Å²) in [6, 6.07) is 0.625. The molecule has 0 aromatic heterocycles. The smallest absolute Gasteiger partial charge is 0.325 e. The number of hydrogen-bond acceptors (Lipinski definition) is 6. The lowest BCUT2D eigenvalue weighted by molar-refractivity contribution is -0.149. The Morgan fingerprint density at radius 3 is 2.76 bits per heavy atom. The molecular formula is C15H29N3O3. The zero-order chi connectivity index (χ0) is 15.3.